The fraction of sp³-hybridized carbons (Fsp3) is 0.0588. The number of rotatable bonds is 3. The molecule has 0 heterocycles. The van der Waals surface area contributed by atoms with Crippen molar-refractivity contribution in [3.05, 3.63) is 71.3 Å². The van der Waals surface area contributed by atoms with E-state index >= 15 is 0 Å². The zero-order valence-electron chi connectivity index (χ0n) is 10.8. The van der Waals surface area contributed by atoms with Crippen LogP contribution in [0, 0.1) is 11.8 Å². The SMILES string of the molecule is NC(=O)CC#Cc1ccccc1C(=O)c1ccccc1. The molecule has 0 saturated heterocycles. The third kappa shape index (κ3) is 3.33. The van der Waals surface area contributed by atoms with E-state index in [1.54, 1.807) is 36.4 Å². The molecule has 0 aliphatic heterocycles. The zero-order valence-corrected chi connectivity index (χ0v) is 10.8. The first kappa shape index (κ1) is 13.6. The van der Waals surface area contributed by atoms with Crippen LogP contribution >= 0.6 is 0 Å². The Labute approximate surface area is 117 Å². The number of nitrogens with two attached hydrogens (primary N) is 1. The number of primary amides is 1. The number of carbonyl (C=O) groups excluding carboxylic acids is 2. The van der Waals surface area contributed by atoms with Crippen LogP contribution in [0.15, 0.2) is 54.6 Å². The van der Waals surface area contributed by atoms with Crippen molar-refractivity contribution in [2.45, 2.75) is 6.42 Å². The van der Waals surface area contributed by atoms with Crippen LogP contribution in [0.4, 0.5) is 0 Å². The molecule has 98 valence electrons. The van der Waals surface area contributed by atoms with E-state index in [1.165, 1.54) is 0 Å². The molecule has 0 aromatic heterocycles. The Hall–Kier alpha value is -2.86. The molecule has 0 atom stereocenters. The molecule has 0 aliphatic rings. The third-order valence-corrected chi connectivity index (χ3v) is 2.69. The lowest BCUT2D eigenvalue weighted by molar-refractivity contribution is -0.117. The monoisotopic (exact) mass is 263 g/mol. The molecule has 20 heavy (non-hydrogen) atoms. The fourth-order valence-electron chi connectivity index (χ4n) is 1.76. The summed E-state index contributed by atoms with van der Waals surface area (Å²) in [5, 5.41) is 0. The van der Waals surface area contributed by atoms with Crippen LogP contribution in [0.5, 0.6) is 0 Å². The molecule has 2 aromatic rings. The molecule has 0 bridgehead atoms. The Morgan fingerprint density at radius 3 is 2.30 bits per heavy atom. The van der Waals surface area contributed by atoms with Crippen LogP contribution in [-0.4, -0.2) is 11.7 Å². The van der Waals surface area contributed by atoms with Crippen molar-refractivity contribution in [1.82, 2.24) is 0 Å². The second-order valence-corrected chi connectivity index (χ2v) is 4.19. The molecule has 0 fully saturated rings. The fourth-order valence-corrected chi connectivity index (χ4v) is 1.76. The summed E-state index contributed by atoms with van der Waals surface area (Å²) < 4.78 is 0. The predicted molar refractivity (Wildman–Crippen MR) is 77.0 cm³/mol. The molecule has 0 aliphatic carbocycles. The van der Waals surface area contributed by atoms with Crippen molar-refractivity contribution in [2.75, 3.05) is 0 Å². The zero-order chi connectivity index (χ0) is 14.4. The number of amides is 1. The standard InChI is InChI=1S/C17H13NO2/c18-16(19)12-6-10-13-7-4-5-11-15(13)17(20)14-8-2-1-3-9-14/h1-5,7-9,11H,12H2,(H2,18,19). The number of carbonyl (C=O) groups is 2. The van der Waals surface area contributed by atoms with E-state index in [0.717, 1.165) is 0 Å². The molecule has 3 heteroatoms. The highest BCUT2D eigenvalue weighted by molar-refractivity contribution is 6.10. The van der Waals surface area contributed by atoms with Gasteiger partial charge < -0.3 is 5.73 Å². The van der Waals surface area contributed by atoms with Gasteiger partial charge in [0.25, 0.3) is 0 Å². The molecular weight excluding hydrogens is 250 g/mol. The van der Waals surface area contributed by atoms with Crippen LogP contribution < -0.4 is 5.73 Å². The maximum atomic E-state index is 12.4. The number of hydrogen-bond donors (Lipinski definition) is 1. The quantitative estimate of drug-likeness (QED) is 0.681. The Morgan fingerprint density at radius 2 is 1.60 bits per heavy atom. The van der Waals surface area contributed by atoms with E-state index in [4.69, 9.17) is 5.73 Å². The minimum atomic E-state index is -0.482. The van der Waals surface area contributed by atoms with Crippen LogP contribution in [0.1, 0.15) is 27.9 Å². The first-order chi connectivity index (χ1) is 9.68. The van der Waals surface area contributed by atoms with Gasteiger partial charge in [0, 0.05) is 16.7 Å². The van der Waals surface area contributed by atoms with E-state index in [2.05, 4.69) is 11.8 Å². The third-order valence-electron chi connectivity index (χ3n) is 2.69. The van der Waals surface area contributed by atoms with Gasteiger partial charge in [0.05, 0.1) is 6.42 Å². The summed E-state index contributed by atoms with van der Waals surface area (Å²) in [6.07, 6.45) is -0.0200. The van der Waals surface area contributed by atoms with Gasteiger partial charge >= 0.3 is 0 Å². The van der Waals surface area contributed by atoms with Crippen molar-refractivity contribution >= 4 is 11.7 Å². The maximum absolute atomic E-state index is 12.4. The van der Waals surface area contributed by atoms with Crippen LogP contribution in [0.2, 0.25) is 0 Å². The van der Waals surface area contributed by atoms with Gasteiger partial charge in [-0.2, -0.15) is 0 Å². The van der Waals surface area contributed by atoms with Crippen LogP contribution in [0.3, 0.4) is 0 Å². The molecule has 0 radical (unpaired) electrons. The summed E-state index contributed by atoms with van der Waals surface area (Å²) >= 11 is 0. The van der Waals surface area contributed by atoms with E-state index in [1.807, 2.05) is 18.2 Å². The largest absolute Gasteiger partial charge is 0.369 e. The van der Waals surface area contributed by atoms with Gasteiger partial charge in [-0.05, 0) is 12.1 Å². The van der Waals surface area contributed by atoms with Crippen LogP contribution in [0.25, 0.3) is 0 Å². The summed E-state index contributed by atoms with van der Waals surface area (Å²) in [4.78, 5) is 23.1. The molecule has 2 aromatic carbocycles. The molecule has 2 N–H and O–H groups in total. The summed E-state index contributed by atoms with van der Waals surface area (Å²) in [6.45, 7) is 0. The Kier molecular flexibility index (Phi) is 4.31. The molecule has 0 unspecified atom stereocenters. The normalized spacial score (nSPS) is 9.40. The molecular formula is C17H13NO2. The lowest BCUT2D eigenvalue weighted by Gasteiger charge is -2.03. The van der Waals surface area contributed by atoms with E-state index in [-0.39, 0.29) is 12.2 Å². The van der Waals surface area contributed by atoms with Gasteiger partial charge in [-0.1, -0.05) is 54.3 Å². The first-order valence-electron chi connectivity index (χ1n) is 6.14. The Bertz CT molecular complexity index is 694. The first-order valence-corrected chi connectivity index (χ1v) is 6.14. The summed E-state index contributed by atoms with van der Waals surface area (Å²) in [7, 11) is 0. The lowest BCUT2D eigenvalue weighted by Crippen LogP contribution is -2.08. The highest BCUT2D eigenvalue weighted by Gasteiger charge is 2.11. The minimum Gasteiger partial charge on any atom is -0.369 e. The van der Waals surface area contributed by atoms with E-state index < -0.39 is 5.91 Å². The van der Waals surface area contributed by atoms with Gasteiger partial charge in [0.2, 0.25) is 5.91 Å². The van der Waals surface area contributed by atoms with E-state index in [9.17, 15) is 9.59 Å². The van der Waals surface area contributed by atoms with Crippen molar-refractivity contribution in [1.29, 1.82) is 0 Å². The smallest absolute Gasteiger partial charge is 0.229 e. The van der Waals surface area contributed by atoms with E-state index in [0.29, 0.717) is 16.7 Å². The van der Waals surface area contributed by atoms with Gasteiger partial charge in [0.15, 0.2) is 5.78 Å². The average molecular weight is 263 g/mol. The number of hydrogen-bond acceptors (Lipinski definition) is 2. The summed E-state index contributed by atoms with van der Waals surface area (Å²) in [5.41, 5.74) is 6.77. The number of benzene rings is 2. The van der Waals surface area contributed by atoms with Gasteiger partial charge in [0.1, 0.15) is 0 Å². The van der Waals surface area contributed by atoms with Gasteiger partial charge in [-0.15, -0.1) is 0 Å². The van der Waals surface area contributed by atoms with Crippen molar-refractivity contribution in [3.63, 3.8) is 0 Å². The average Bonchev–Trinajstić information content (AvgIpc) is 2.47. The van der Waals surface area contributed by atoms with Crippen molar-refractivity contribution < 1.29 is 9.59 Å². The Balaban J connectivity index is 2.35. The second-order valence-electron chi connectivity index (χ2n) is 4.19. The lowest BCUT2D eigenvalue weighted by atomic mass is 9.98. The maximum Gasteiger partial charge on any atom is 0.229 e. The molecule has 0 spiro atoms. The van der Waals surface area contributed by atoms with Crippen molar-refractivity contribution in [2.24, 2.45) is 5.73 Å². The second kappa shape index (κ2) is 6.35. The number of ketones is 1. The molecule has 2 rings (SSSR count). The molecule has 0 saturated carbocycles. The van der Waals surface area contributed by atoms with Gasteiger partial charge in [-0.3, -0.25) is 9.59 Å². The van der Waals surface area contributed by atoms with Crippen LogP contribution in [-0.2, 0) is 4.79 Å². The topological polar surface area (TPSA) is 60.2 Å². The minimum absolute atomic E-state index is 0.0200. The summed E-state index contributed by atoms with van der Waals surface area (Å²) in [6, 6.07) is 16.1. The van der Waals surface area contributed by atoms with Crippen molar-refractivity contribution in [3.8, 4) is 11.8 Å². The highest BCUT2D eigenvalue weighted by atomic mass is 16.1. The molecule has 1 amide bonds. The Morgan fingerprint density at radius 1 is 0.950 bits per heavy atom. The molecule has 3 nitrogen and oxygen atoms in total. The highest BCUT2D eigenvalue weighted by Crippen LogP contribution is 2.13. The van der Waals surface area contributed by atoms with Gasteiger partial charge in [-0.25, -0.2) is 0 Å². The summed E-state index contributed by atoms with van der Waals surface area (Å²) in [5.74, 6) is 4.92. The predicted octanol–water partition coefficient (Wildman–Crippen LogP) is 2.14.